The summed E-state index contributed by atoms with van der Waals surface area (Å²) in [5, 5.41) is 14.0. The van der Waals surface area contributed by atoms with Crippen molar-refractivity contribution in [2.45, 2.75) is 25.6 Å². The van der Waals surface area contributed by atoms with E-state index in [1.807, 2.05) is 85.8 Å². The van der Waals surface area contributed by atoms with Crippen LogP contribution in [0.25, 0.3) is 11.3 Å². The number of hydrogen-bond donors (Lipinski definition) is 2. The highest BCUT2D eigenvalue weighted by Gasteiger charge is 2.27. The molecular weight excluding hydrogens is 426 g/mol. The Labute approximate surface area is 199 Å². The van der Waals surface area contributed by atoms with Crippen LogP contribution < -0.4 is 5.32 Å². The SMILES string of the molecule is CC(C(O)c1ccccc1)N(C)C(=O)c1cnc(NCc2ccccn2)nc1-c1ccccc1. The maximum Gasteiger partial charge on any atom is 0.257 e. The fourth-order valence-corrected chi connectivity index (χ4v) is 3.63. The molecule has 2 unspecified atom stereocenters. The molecule has 1 amide bonds. The van der Waals surface area contributed by atoms with E-state index < -0.39 is 12.1 Å². The first-order valence-corrected chi connectivity index (χ1v) is 11.1. The molecule has 34 heavy (non-hydrogen) atoms. The van der Waals surface area contributed by atoms with E-state index in [2.05, 4.69) is 20.3 Å². The molecule has 4 rings (SSSR count). The van der Waals surface area contributed by atoms with E-state index in [4.69, 9.17) is 0 Å². The molecule has 7 heteroatoms. The predicted molar refractivity (Wildman–Crippen MR) is 132 cm³/mol. The number of carbonyl (C=O) groups excluding carboxylic acids is 1. The van der Waals surface area contributed by atoms with E-state index in [0.717, 1.165) is 16.8 Å². The summed E-state index contributed by atoms with van der Waals surface area (Å²) in [7, 11) is 1.68. The summed E-state index contributed by atoms with van der Waals surface area (Å²) in [5.41, 5.74) is 3.31. The molecule has 2 atom stereocenters. The number of rotatable bonds is 8. The van der Waals surface area contributed by atoms with Crippen LogP contribution in [-0.4, -0.2) is 44.0 Å². The molecule has 0 aliphatic carbocycles. The van der Waals surface area contributed by atoms with E-state index in [1.165, 1.54) is 11.1 Å². The van der Waals surface area contributed by atoms with Gasteiger partial charge in [0.15, 0.2) is 0 Å². The molecule has 2 aromatic heterocycles. The van der Waals surface area contributed by atoms with Crippen molar-refractivity contribution >= 4 is 11.9 Å². The minimum Gasteiger partial charge on any atom is -0.386 e. The Hall–Kier alpha value is -4.10. The van der Waals surface area contributed by atoms with Crippen LogP contribution in [0.2, 0.25) is 0 Å². The zero-order valence-electron chi connectivity index (χ0n) is 19.2. The van der Waals surface area contributed by atoms with Crippen molar-refractivity contribution in [1.29, 1.82) is 0 Å². The molecule has 7 nitrogen and oxygen atoms in total. The first-order chi connectivity index (χ1) is 16.5. The summed E-state index contributed by atoms with van der Waals surface area (Å²) in [6.45, 7) is 2.28. The zero-order chi connectivity index (χ0) is 23.9. The summed E-state index contributed by atoms with van der Waals surface area (Å²) in [5.74, 6) is 0.138. The minimum absolute atomic E-state index is 0.266. The van der Waals surface area contributed by atoms with Gasteiger partial charge in [0.1, 0.15) is 0 Å². The van der Waals surface area contributed by atoms with Gasteiger partial charge in [-0.3, -0.25) is 9.78 Å². The second-order valence-corrected chi connectivity index (χ2v) is 8.01. The number of hydrogen-bond acceptors (Lipinski definition) is 6. The first kappa shape index (κ1) is 23.1. The molecule has 0 saturated heterocycles. The summed E-state index contributed by atoms with van der Waals surface area (Å²) in [6, 6.07) is 24.1. The third kappa shape index (κ3) is 5.27. The lowest BCUT2D eigenvalue weighted by Gasteiger charge is -2.29. The predicted octanol–water partition coefficient (Wildman–Crippen LogP) is 4.34. The number of likely N-dealkylation sites (N-methyl/N-ethyl adjacent to an activating group) is 1. The second kappa shape index (κ2) is 10.7. The maximum absolute atomic E-state index is 13.5. The number of benzene rings is 2. The zero-order valence-corrected chi connectivity index (χ0v) is 19.2. The number of anilines is 1. The summed E-state index contributed by atoms with van der Waals surface area (Å²) in [6.07, 6.45) is 2.45. The Kier molecular flexibility index (Phi) is 7.25. The number of nitrogens with one attached hydrogen (secondary N) is 1. The Balaban J connectivity index is 1.61. The molecule has 2 N–H and O–H groups in total. The monoisotopic (exact) mass is 453 g/mol. The van der Waals surface area contributed by atoms with Crippen LogP contribution in [0.5, 0.6) is 0 Å². The van der Waals surface area contributed by atoms with Gasteiger partial charge in [0.05, 0.1) is 35.6 Å². The summed E-state index contributed by atoms with van der Waals surface area (Å²) < 4.78 is 0. The maximum atomic E-state index is 13.5. The molecule has 0 spiro atoms. The Morgan fingerprint density at radius 2 is 1.65 bits per heavy atom. The molecule has 2 aromatic carbocycles. The van der Waals surface area contributed by atoms with Crippen LogP contribution in [0, 0.1) is 0 Å². The number of aliphatic hydroxyl groups is 1. The van der Waals surface area contributed by atoms with Crippen LogP contribution in [-0.2, 0) is 6.54 Å². The van der Waals surface area contributed by atoms with E-state index in [-0.39, 0.29) is 5.91 Å². The summed E-state index contributed by atoms with van der Waals surface area (Å²) >= 11 is 0. The van der Waals surface area contributed by atoms with E-state index in [0.29, 0.717) is 23.8 Å². The van der Waals surface area contributed by atoms with Crippen molar-refractivity contribution in [3.63, 3.8) is 0 Å². The average Bonchev–Trinajstić information content (AvgIpc) is 2.91. The van der Waals surface area contributed by atoms with Crippen molar-refractivity contribution < 1.29 is 9.90 Å². The third-order valence-electron chi connectivity index (χ3n) is 5.75. The average molecular weight is 454 g/mol. The van der Waals surface area contributed by atoms with Crippen molar-refractivity contribution in [2.75, 3.05) is 12.4 Å². The molecule has 0 radical (unpaired) electrons. The largest absolute Gasteiger partial charge is 0.386 e. The molecule has 172 valence electrons. The molecule has 0 bridgehead atoms. The van der Waals surface area contributed by atoms with E-state index in [1.54, 1.807) is 13.2 Å². The van der Waals surface area contributed by atoms with Crippen molar-refractivity contribution in [3.8, 4) is 11.3 Å². The number of aliphatic hydroxyl groups excluding tert-OH is 1. The number of carbonyl (C=O) groups is 1. The Morgan fingerprint density at radius 1 is 0.971 bits per heavy atom. The van der Waals surface area contributed by atoms with Crippen LogP contribution in [0.3, 0.4) is 0 Å². The highest BCUT2D eigenvalue weighted by atomic mass is 16.3. The van der Waals surface area contributed by atoms with Crippen molar-refractivity contribution in [2.24, 2.45) is 0 Å². The van der Waals surface area contributed by atoms with Crippen molar-refractivity contribution in [3.05, 3.63) is 108 Å². The number of amides is 1. The van der Waals surface area contributed by atoms with Gasteiger partial charge in [-0.1, -0.05) is 66.7 Å². The first-order valence-electron chi connectivity index (χ1n) is 11.1. The third-order valence-corrected chi connectivity index (χ3v) is 5.75. The smallest absolute Gasteiger partial charge is 0.257 e. The van der Waals surface area contributed by atoms with Crippen molar-refractivity contribution in [1.82, 2.24) is 19.9 Å². The van der Waals surface area contributed by atoms with Gasteiger partial charge in [-0.25, -0.2) is 9.97 Å². The van der Waals surface area contributed by atoms with Gasteiger partial charge in [-0.2, -0.15) is 0 Å². The number of pyridine rings is 1. The lowest BCUT2D eigenvalue weighted by atomic mass is 10.0. The summed E-state index contributed by atoms with van der Waals surface area (Å²) in [4.78, 5) is 28.4. The standard InChI is InChI=1S/C27H27N5O2/c1-19(25(33)21-13-7-4-8-14-21)32(2)26(34)23-18-30-27(29-17-22-15-9-10-16-28-22)31-24(23)20-11-5-3-6-12-20/h3-16,18-19,25,33H,17H2,1-2H3,(H,29,30,31). The fourth-order valence-electron chi connectivity index (χ4n) is 3.63. The van der Waals surface area contributed by atoms with Gasteiger partial charge in [-0.05, 0) is 24.6 Å². The molecule has 4 aromatic rings. The number of nitrogens with zero attached hydrogens (tertiary/aromatic N) is 4. The van der Waals surface area contributed by atoms with Crippen LogP contribution in [0.1, 0.15) is 34.6 Å². The normalized spacial score (nSPS) is 12.6. The van der Waals surface area contributed by atoms with Gasteiger partial charge < -0.3 is 15.3 Å². The van der Waals surface area contributed by atoms with E-state index in [9.17, 15) is 9.90 Å². The van der Waals surface area contributed by atoms with Gasteiger partial charge in [-0.15, -0.1) is 0 Å². The second-order valence-electron chi connectivity index (χ2n) is 8.01. The molecule has 0 aliphatic heterocycles. The Bertz CT molecular complexity index is 1220. The number of aromatic nitrogens is 3. The highest BCUT2D eigenvalue weighted by molar-refractivity contribution is 5.99. The quantitative estimate of drug-likeness (QED) is 0.412. The molecule has 2 heterocycles. The van der Waals surface area contributed by atoms with E-state index >= 15 is 0 Å². The van der Waals surface area contributed by atoms with Gasteiger partial charge >= 0.3 is 0 Å². The lowest BCUT2D eigenvalue weighted by Crippen LogP contribution is -2.39. The molecular formula is C27H27N5O2. The van der Waals surface area contributed by atoms with Gasteiger partial charge in [0.2, 0.25) is 5.95 Å². The van der Waals surface area contributed by atoms with Crippen LogP contribution in [0.4, 0.5) is 5.95 Å². The van der Waals surface area contributed by atoms with Gasteiger partial charge in [0, 0.05) is 25.0 Å². The Morgan fingerprint density at radius 3 is 2.32 bits per heavy atom. The van der Waals surface area contributed by atoms with Crippen LogP contribution >= 0.6 is 0 Å². The fraction of sp³-hybridized carbons (Fsp3) is 0.185. The lowest BCUT2D eigenvalue weighted by molar-refractivity contribution is 0.0487. The van der Waals surface area contributed by atoms with Crippen LogP contribution in [0.15, 0.2) is 91.3 Å². The molecule has 0 saturated carbocycles. The topological polar surface area (TPSA) is 91.2 Å². The minimum atomic E-state index is -0.824. The molecule has 0 aliphatic rings. The molecule has 0 fully saturated rings. The highest BCUT2D eigenvalue weighted by Crippen LogP contribution is 2.26. The van der Waals surface area contributed by atoms with Gasteiger partial charge in [0.25, 0.3) is 5.91 Å².